The molecule has 0 aliphatic carbocycles. The molecule has 1 heterocycles. The van der Waals surface area contributed by atoms with E-state index in [2.05, 4.69) is 43.4 Å². The van der Waals surface area contributed by atoms with Crippen molar-refractivity contribution < 1.29 is 14.3 Å². The number of hydrogen-bond donors (Lipinski definition) is 1. The van der Waals surface area contributed by atoms with Crippen molar-refractivity contribution in [2.24, 2.45) is 0 Å². The maximum absolute atomic E-state index is 11.4. The van der Waals surface area contributed by atoms with Crippen LogP contribution in [-0.2, 0) is 11.2 Å². The van der Waals surface area contributed by atoms with E-state index in [0.717, 1.165) is 44.5 Å². The molecule has 1 aliphatic rings. The standard InChI is InChI=1S/C21H33NO3/c1-3-5-6-7-8-16-24-19-11-9-18(10-12-19)13-15-21(14-4-2)17-25-20(23)22-21/h9-12H,3-8,13-17H2,1-2H3,(H,22,23). The van der Waals surface area contributed by atoms with Crippen molar-refractivity contribution in [3.63, 3.8) is 0 Å². The Morgan fingerprint density at radius 1 is 1.04 bits per heavy atom. The van der Waals surface area contributed by atoms with Crippen molar-refractivity contribution in [3.05, 3.63) is 29.8 Å². The van der Waals surface area contributed by atoms with Crippen LogP contribution in [0.5, 0.6) is 5.75 Å². The van der Waals surface area contributed by atoms with Gasteiger partial charge in [0.05, 0.1) is 12.1 Å². The first-order chi connectivity index (χ1) is 12.2. The van der Waals surface area contributed by atoms with E-state index in [-0.39, 0.29) is 11.6 Å². The van der Waals surface area contributed by atoms with E-state index < -0.39 is 0 Å². The average molecular weight is 347 g/mol. The summed E-state index contributed by atoms with van der Waals surface area (Å²) >= 11 is 0. The van der Waals surface area contributed by atoms with E-state index in [0.29, 0.717) is 6.61 Å². The minimum absolute atomic E-state index is 0.195. The molecule has 1 aromatic carbocycles. The Bertz CT molecular complexity index is 514. The monoisotopic (exact) mass is 347 g/mol. The number of unbranched alkanes of at least 4 members (excludes halogenated alkanes) is 4. The fraction of sp³-hybridized carbons (Fsp3) is 0.667. The van der Waals surface area contributed by atoms with Gasteiger partial charge in [0.1, 0.15) is 12.4 Å². The van der Waals surface area contributed by atoms with Gasteiger partial charge in [-0.1, -0.05) is 58.1 Å². The summed E-state index contributed by atoms with van der Waals surface area (Å²) in [6, 6.07) is 8.36. The highest BCUT2D eigenvalue weighted by atomic mass is 16.6. The van der Waals surface area contributed by atoms with Gasteiger partial charge in [0.15, 0.2) is 0 Å². The normalized spacial score (nSPS) is 19.5. The molecule has 1 amide bonds. The quantitative estimate of drug-likeness (QED) is 0.526. The van der Waals surface area contributed by atoms with E-state index in [1.807, 2.05) is 0 Å². The summed E-state index contributed by atoms with van der Waals surface area (Å²) in [5.41, 5.74) is 1.08. The second kappa shape index (κ2) is 10.3. The number of nitrogens with one attached hydrogen (secondary N) is 1. The third kappa shape index (κ3) is 6.60. The topological polar surface area (TPSA) is 47.6 Å². The highest BCUT2D eigenvalue weighted by Crippen LogP contribution is 2.25. The smallest absolute Gasteiger partial charge is 0.407 e. The van der Waals surface area contributed by atoms with Crippen LogP contribution in [0.3, 0.4) is 0 Å². The van der Waals surface area contributed by atoms with Gasteiger partial charge in [0, 0.05) is 0 Å². The summed E-state index contributed by atoms with van der Waals surface area (Å²) in [6.45, 7) is 5.65. The third-order valence-corrected chi connectivity index (χ3v) is 4.91. The molecule has 4 nitrogen and oxygen atoms in total. The Balaban J connectivity index is 1.73. The van der Waals surface area contributed by atoms with Crippen molar-refractivity contribution in [3.8, 4) is 5.75 Å². The summed E-state index contributed by atoms with van der Waals surface area (Å²) in [7, 11) is 0. The zero-order valence-electron chi connectivity index (χ0n) is 15.8. The molecule has 0 spiro atoms. The van der Waals surface area contributed by atoms with Gasteiger partial charge in [-0.15, -0.1) is 0 Å². The van der Waals surface area contributed by atoms with Crippen molar-refractivity contribution in [2.45, 2.75) is 77.2 Å². The number of cyclic esters (lactones) is 1. The lowest BCUT2D eigenvalue weighted by Gasteiger charge is -2.26. The molecular formula is C21H33NO3. The van der Waals surface area contributed by atoms with Gasteiger partial charge in [0.25, 0.3) is 0 Å². The Morgan fingerprint density at radius 3 is 2.44 bits per heavy atom. The van der Waals surface area contributed by atoms with Crippen LogP contribution in [0.2, 0.25) is 0 Å². The van der Waals surface area contributed by atoms with Crippen LogP contribution in [0, 0.1) is 0 Å². The van der Waals surface area contributed by atoms with E-state index in [9.17, 15) is 4.79 Å². The van der Waals surface area contributed by atoms with Crippen molar-refractivity contribution in [2.75, 3.05) is 13.2 Å². The summed E-state index contributed by atoms with van der Waals surface area (Å²) < 4.78 is 11.0. The van der Waals surface area contributed by atoms with E-state index >= 15 is 0 Å². The van der Waals surface area contributed by atoms with Gasteiger partial charge in [-0.25, -0.2) is 4.79 Å². The number of aryl methyl sites for hydroxylation is 1. The molecule has 140 valence electrons. The maximum atomic E-state index is 11.4. The first-order valence-corrected chi connectivity index (χ1v) is 9.84. The molecule has 4 heteroatoms. The lowest BCUT2D eigenvalue weighted by Crippen LogP contribution is -2.43. The molecule has 25 heavy (non-hydrogen) atoms. The van der Waals surface area contributed by atoms with E-state index in [1.54, 1.807) is 0 Å². The number of hydrogen-bond acceptors (Lipinski definition) is 3. The summed E-state index contributed by atoms with van der Waals surface area (Å²) in [5, 5.41) is 3.01. The SMILES string of the molecule is CCCCCCCOc1ccc(CCC2(CCC)COC(=O)N2)cc1. The molecular weight excluding hydrogens is 314 g/mol. The molecule has 1 fully saturated rings. The number of amides is 1. The lowest BCUT2D eigenvalue weighted by atomic mass is 9.88. The second-order valence-corrected chi connectivity index (χ2v) is 7.14. The number of alkyl carbamates (subject to hydrolysis) is 1. The van der Waals surface area contributed by atoms with Gasteiger partial charge >= 0.3 is 6.09 Å². The fourth-order valence-corrected chi connectivity index (χ4v) is 3.40. The van der Waals surface area contributed by atoms with Gasteiger partial charge in [-0.05, 0) is 43.4 Å². The maximum Gasteiger partial charge on any atom is 0.407 e. The number of rotatable bonds is 12. The van der Waals surface area contributed by atoms with Gasteiger partial charge in [0.2, 0.25) is 0 Å². The largest absolute Gasteiger partial charge is 0.494 e. The lowest BCUT2D eigenvalue weighted by molar-refractivity contribution is 0.169. The van der Waals surface area contributed by atoms with E-state index in [1.165, 1.54) is 31.2 Å². The van der Waals surface area contributed by atoms with Crippen LogP contribution in [0.25, 0.3) is 0 Å². The van der Waals surface area contributed by atoms with Crippen LogP contribution >= 0.6 is 0 Å². The predicted octanol–water partition coefficient (Wildman–Crippen LogP) is 5.25. The van der Waals surface area contributed by atoms with E-state index in [4.69, 9.17) is 9.47 Å². The van der Waals surface area contributed by atoms with Gasteiger partial charge in [-0.3, -0.25) is 0 Å². The molecule has 2 rings (SSSR count). The zero-order valence-corrected chi connectivity index (χ0v) is 15.8. The number of carbonyl (C=O) groups is 1. The summed E-state index contributed by atoms with van der Waals surface area (Å²) in [6.07, 6.45) is 9.82. The molecule has 1 N–H and O–H groups in total. The Morgan fingerprint density at radius 2 is 1.80 bits per heavy atom. The molecule has 1 unspecified atom stereocenters. The second-order valence-electron chi connectivity index (χ2n) is 7.14. The third-order valence-electron chi connectivity index (χ3n) is 4.91. The van der Waals surface area contributed by atoms with Gasteiger partial charge in [-0.2, -0.15) is 0 Å². The first kappa shape index (κ1) is 19.6. The Kier molecular flexibility index (Phi) is 8.10. The first-order valence-electron chi connectivity index (χ1n) is 9.84. The zero-order chi connectivity index (χ0) is 18.0. The molecule has 1 aliphatic heterocycles. The molecule has 0 bridgehead atoms. The highest BCUT2D eigenvalue weighted by molar-refractivity contribution is 5.70. The Labute approximate surface area is 152 Å². The molecule has 0 aromatic heterocycles. The molecule has 1 aromatic rings. The van der Waals surface area contributed by atoms with Crippen LogP contribution in [0.4, 0.5) is 4.79 Å². The fourth-order valence-electron chi connectivity index (χ4n) is 3.40. The van der Waals surface area contributed by atoms with Crippen LogP contribution < -0.4 is 10.1 Å². The molecule has 1 saturated heterocycles. The van der Waals surface area contributed by atoms with Crippen LogP contribution in [-0.4, -0.2) is 24.8 Å². The van der Waals surface area contributed by atoms with Crippen LogP contribution in [0.1, 0.15) is 70.8 Å². The number of ether oxygens (including phenoxy) is 2. The predicted molar refractivity (Wildman–Crippen MR) is 101 cm³/mol. The average Bonchev–Trinajstić information content (AvgIpc) is 2.99. The van der Waals surface area contributed by atoms with Crippen molar-refractivity contribution in [1.82, 2.24) is 5.32 Å². The van der Waals surface area contributed by atoms with Crippen molar-refractivity contribution in [1.29, 1.82) is 0 Å². The summed E-state index contributed by atoms with van der Waals surface area (Å²) in [5.74, 6) is 0.944. The van der Waals surface area contributed by atoms with Crippen LogP contribution in [0.15, 0.2) is 24.3 Å². The molecule has 0 saturated carbocycles. The molecule has 0 radical (unpaired) electrons. The number of benzene rings is 1. The highest BCUT2D eigenvalue weighted by Gasteiger charge is 2.38. The van der Waals surface area contributed by atoms with Gasteiger partial charge < -0.3 is 14.8 Å². The van der Waals surface area contributed by atoms with Crippen molar-refractivity contribution >= 4 is 6.09 Å². The minimum atomic E-state index is -0.281. The molecule has 1 atom stereocenters. The number of carbonyl (C=O) groups excluding carboxylic acids is 1. The Hall–Kier alpha value is -1.71. The minimum Gasteiger partial charge on any atom is -0.494 e. The summed E-state index contributed by atoms with van der Waals surface area (Å²) in [4.78, 5) is 11.4.